The van der Waals surface area contributed by atoms with E-state index in [1.54, 1.807) is 0 Å². The Morgan fingerprint density at radius 2 is 1.63 bits per heavy atom. The van der Waals surface area contributed by atoms with Gasteiger partial charge in [0.05, 0.1) is 12.0 Å². The van der Waals surface area contributed by atoms with E-state index in [9.17, 15) is 19.5 Å². The van der Waals surface area contributed by atoms with E-state index in [-0.39, 0.29) is 37.3 Å². The van der Waals surface area contributed by atoms with Gasteiger partial charge in [-0.3, -0.25) is 9.59 Å². The van der Waals surface area contributed by atoms with Gasteiger partial charge < -0.3 is 20.5 Å². The van der Waals surface area contributed by atoms with E-state index in [2.05, 4.69) is 34.9 Å². The zero-order valence-electron chi connectivity index (χ0n) is 20.2. The van der Waals surface area contributed by atoms with Crippen molar-refractivity contribution in [2.24, 2.45) is 0 Å². The van der Waals surface area contributed by atoms with Gasteiger partial charge in [0.2, 0.25) is 5.91 Å². The van der Waals surface area contributed by atoms with E-state index in [1.165, 1.54) is 11.1 Å². The highest BCUT2D eigenvalue weighted by Gasteiger charge is 2.38. The van der Waals surface area contributed by atoms with Crippen molar-refractivity contribution in [2.45, 2.75) is 75.8 Å². The molecule has 186 valence electrons. The molecule has 0 aliphatic heterocycles. The lowest BCUT2D eigenvalue weighted by atomic mass is 9.92. The third kappa shape index (κ3) is 5.84. The molecule has 3 N–H and O–H groups in total. The minimum absolute atomic E-state index is 0.0284. The van der Waals surface area contributed by atoms with Crippen molar-refractivity contribution < 1.29 is 24.2 Å². The van der Waals surface area contributed by atoms with E-state index in [0.29, 0.717) is 19.3 Å². The number of carbonyl (C=O) groups is 3. The minimum atomic E-state index is -0.908. The first-order valence-corrected chi connectivity index (χ1v) is 12.5. The van der Waals surface area contributed by atoms with Crippen LogP contribution in [-0.4, -0.2) is 41.3 Å². The minimum Gasteiger partial charge on any atom is -0.481 e. The topological polar surface area (TPSA) is 105 Å². The molecule has 0 saturated heterocycles. The van der Waals surface area contributed by atoms with Crippen molar-refractivity contribution in [3.63, 3.8) is 0 Å². The molecule has 2 aromatic rings. The quantitative estimate of drug-likeness (QED) is 0.446. The van der Waals surface area contributed by atoms with Crippen molar-refractivity contribution in [2.75, 3.05) is 6.61 Å². The Balaban J connectivity index is 1.35. The number of fused-ring (bicyclic) bond motifs is 3. The van der Waals surface area contributed by atoms with Gasteiger partial charge in [0.25, 0.3) is 0 Å². The van der Waals surface area contributed by atoms with Gasteiger partial charge in [0.1, 0.15) is 6.61 Å². The molecular weight excluding hydrogens is 444 g/mol. The lowest BCUT2D eigenvalue weighted by Gasteiger charge is -2.29. The van der Waals surface area contributed by atoms with Crippen LogP contribution in [0, 0.1) is 0 Å². The zero-order valence-corrected chi connectivity index (χ0v) is 20.2. The zero-order chi connectivity index (χ0) is 24.8. The number of hydrogen-bond donors (Lipinski definition) is 3. The third-order valence-corrected chi connectivity index (χ3v) is 7.19. The van der Waals surface area contributed by atoms with Crippen LogP contribution in [-0.2, 0) is 14.3 Å². The van der Waals surface area contributed by atoms with Gasteiger partial charge in [-0.1, -0.05) is 74.7 Å². The summed E-state index contributed by atoms with van der Waals surface area (Å²) in [7, 11) is 0. The lowest BCUT2D eigenvalue weighted by molar-refractivity contribution is -0.139. The van der Waals surface area contributed by atoms with Gasteiger partial charge in [-0.15, -0.1) is 0 Å². The molecular formula is C28H34N2O5. The SMILES string of the molecule is CCC[C@H](CC(=O)NC1(CC(=O)O)CCCC1)NC(=O)OCC1c2ccccc2-c2ccccc21. The van der Waals surface area contributed by atoms with E-state index in [0.717, 1.165) is 30.4 Å². The smallest absolute Gasteiger partial charge is 0.407 e. The fraction of sp³-hybridized carbons (Fsp3) is 0.464. The summed E-state index contributed by atoms with van der Waals surface area (Å²) >= 11 is 0. The van der Waals surface area contributed by atoms with Gasteiger partial charge in [-0.2, -0.15) is 0 Å². The highest BCUT2D eigenvalue weighted by Crippen LogP contribution is 2.44. The largest absolute Gasteiger partial charge is 0.481 e. The highest BCUT2D eigenvalue weighted by atomic mass is 16.5. The Kier molecular flexibility index (Phi) is 7.73. The monoisotopic (exact) mass is 478 g/mol. The summed E-state index contributed by atoms with van der Waals surface area (Å²) in [4.78, 5) is 36.8. The van der Waals surface area contributed by atoms with E-state index >= 15 is 0 Å². The molecule has 1 saturated carbocycles. The number of nitrogens with one attached hydrogen (secondary N) is 2. The van der Waals surface area contributed by atoms with Crippen LogP contribution in [0.25, 0.3) is 11.1 Å². The van der Waals surface area contributed by atoms with Gasteiger partial charge in [-0.05, 0) is 41.5 Å². The lowest BCUT2D eigenvalue weighted by Crippen LogP contribution is -2.49. The number of ether oxygens (including phenoxy) is 1. The number of carboxylic acid groups (broad SMARTS) is 1. The van der Waals surface area contributed by atoms with E-state index < -0.39 is 17.6 Å². The van der Waals surface area contributed by atoms with Crippen LogP contribution in [0.2, 0.25) is 0 Å². The number of aliphatic carboxylic acids is 1. The van der Waals surface area contributed by atoms with Crippen LogP contribution in [0.15, 0.2) is 48.5 Å². The second-order valence-corrected chi connectivity index (χ2v) is 9.77. The number of alkyl carbamates (subject to hydrolysis) is 1. The molecule has 0 aromatic heterocycles. The predicted molar refractivity (Wildman–Crippen MR) is 133 cm³/mol. The molecule has 0 heterocycles. The van der Waals surface area contributed by atoms with Gasteiger partial charge >= 0.3 is 12.1 Å². The van der Waals surface area contributed by atoms with Crippen molar-refractivity contribution in [3.8, 4) is 11.1 Å². The Hall–Kier alpha value is -3.35. The molecule has 0 bridgehead atoms. The molecule has 0 radical (unpaired) electrons. The molecule has 7 nitrogen and oxygen atoms in total. The first-order valence-electron chi connectivity index (χ1n) is 12.5. The Morgan fingerprint density at radius 1 is 1.03 bits per heavy atom. The van der Waals surface area contributed by atoms with Gasteiger partial charge in [-0.25, -0.2) is 4.79 Å². The van der Waals surface area contributed by atoms with Crippen LogP contribution < -0.4 is 10.6 Å². The number of rotatable bonds is 10. The third-order valence-electron chi connectivity index (χ3n) is 7.19. The van der Waals surface area contributed by atoms with Crippen LogP contribution in [0.4, 0.5) is 4.79 Å². The molecule has 2 aliphatic carbocycles. The molecule has 35 heavy (non-hydrogen) atoms. The van der Waals surface area contributed by atoms with Gasteiger partial charge in [0, 0.05) is 18.4 Å². The maximum Gasteiger partial charge on any atom is 0.407 e. The molecule has 4 rings (SSSR count). The van der Waals surface area contributed by atoms with Crippen LogP contribution in [0.3, 0.4) is 0 Å². The molecule has 2 aliphatic rings. The summed E-state index contributed by atoms with van der Waals surface area (Å²) in [6.45, 7) is 2.21. The second kappa shape index (κ2) is 10.9. The van der Waals surface area contributed by atoms with Crippen molar-refractivity contribution in [3.05, 3.63) is 59.7 Å². The van der Waals surface area contributed by atoms with Crippen molar-refractivity contribution >= 4 is 18.0 Å². The van der Waals surface area contributed by atoms with Crippen molar-refractivity contribution in [1.82, 2.24) is 10.6 Å². The molecule has 7 heteroatoms. The standard InChI is InChI=1S/C28H34N2O5/c1-2-9-19(16-25(31)30-28(17-26(32)33)14-7-8-15-28)29-27(34)35-18-24-22-12-5-3-10-20(22)21-11-4-6-13-23(21)24/h3-6,10-13,19,24H,2,7-9,14-18H2,1H3,(H,29,34)(H,30,31)(H,32,33)/t19-/m1/s1. The molecule has 2 amide bonds. The first kappa shape index (κ1) is 24.8. The maximum atomic E-state index is 12.8. The molecule has 1 atom stereocenters. The summed E-state index contributed by atoms with van der Waals surface area (Å²) in [5.41, 5.74) is 3.95. The summed E-state index contributed by atoms with van der Waals surface area (Å²) < 4.78 is 5.64. The summed E-state index contributed by atoms with van der Waals surface area (Å²) in [5, 5.41) is 15.1. The normalized spacial score (nSPS) is 16.7. The highest BCUT2D eigenvalue weighted by molar-refractivity contribution is 5.80. The Labute approximate surface area is 206 Å². The average molecular weight is 479 g/mol. The van der Waals surface area contributed by atoms with Gasteiger partial charge in [0.15, 0.2) is 0 Å². The number of carbonyl (C=O) groups excluding carboxylic acids is 2. The Bertz CT molecular complexity index is 1030. The fourth-order valence-electron chi connectivity index (χ4n) is 5.64. The van der Waals surface area contributed by atoms with E-state index in [1.807, 2.05) is 31.2 Å². The predicted octanol–water partition coefficient (Wildman–Crippen LogP) is 4.99. The average Bonchev–Trinajstić information content (AvgIpc) is 3.39. The molecule has 0 spiro atoms. The number of amides is 2. The number of hydrogen-bond acceptors (Lipinski definition) is 4. The van der Waals surface area contributed by atoms with Crippen LogP contribution in [0.1, 0.15) is 75.3 Å². The summed E-state index contributed by atoms with van der Waals surface area (Å²) in [6.07, 6.45) is 4.06. The summed E-state index contributed by atoms with van der Waals surface area (Å²) in [5.74, 6) is -1.17. The van der Waals surface area contributed by atoms with E-state index in [4.69, 9.17) is 4.74 Å². The second-order valence-electron chi connectivity index (χ2n) is 9.77. The number of carboxylic acids is 1. The Morgan fingerprint density at radius 3 is 2.20 bits per heavy atom. The first-order chi connectivity index (χ1) is 16.9. The number of benzene rings is 2. The molecule has 2 aromatic carbocycles. The fourth-order valence-corrected chi connectivity index (χ4v) is 5.64. The molecule has 0 unspecified atom stereocenters. The van der Waals surface area contributed by atoms with Crippen LogP contribution in [0.5, 0.6) is 0 Å². The molecule has 1 fully saturated rings. The maximum absolute atomic E-state index is 12.8. The van der Waals surface area contributed by atoms with Crippen molar-refractivity contribution in [1.29, 1.82) is 0 Å². The van der Waals surface area contributed by atoms with Crippen LogP contribution >= 0.6 is 0 Å². The summed E-state index contributed by atoms with van der Waals surface area (Å²) in [6, 6.07) is 16.0.